The van der Waals surface area contributed by atoms with Gasteiger partial charge >= 0.3 is 6.18 Å². The van der Waals surface area contributed by atoms with E-state index in [4.69, 9.17) is 0 Å². The summed E-state index contributed by atoms with van der Waals surface area (Å²) in [5, 5.41) is 3.05. The SMILES string of the molecule is Cl.Cl.FC(F)(F)[C@H](c1cncc(Br)c1)N1CCNCC1. The van der Waals surface area contributed by atoms with Crippen molar-refractivity contribution in [2.24, 2.45) is 0 Å². The number of pyridine rings is 1. The van der Waals surface area contributed by atoms with Crippen LogP contribution < -0.4 is 5.32 Å². The summed E-state index contributed by atoms with van der Waals surface area (Å²) in [5.74, 6) is 0. The first kappa shape index (κ1) is 19.9. The third kappa shape index (κ3) is 5.04. The van der Waals surface area contributed by atoms with Crippen molar-refractivity contribution in [2.45, 2.75) is 12.2 Å². The highest BCUT2D eigenvalue weighted by Crippen LogP contribution is 2.38. The van der Waals surface area contributed by atoms with Crippen LogP contribution in [0, 0.1) is 0 Å². The first-order valence-electron chi connectivity index (χ1n) is 5.60. The Morgan fingerprint density at radius 1 is 1.20 bits per heavy atom. The van der Waals surface area contributed by atoms with Crippen LogP contribution in [0.25, 0.3) is 0 Å². The van der Waals surface area contributed by atoms with Crippen molar-refractivity contribution in [1.82, 2.24) is 15.2 Å². The highest BCUT2D eigenvalue weighted by atomic mass is 79.9. The zero-order valence-corrected chi connectivity index (χ0v) is 13.6. The summed E-state index contributed by atoms with van der Waals surface area (Å²) in [7, 11) is 0. The fraction of sp³-hybridized carbons (Fsp3) is 0.545. The van der Waals surface area contributed by atoms with Gasteiger partial charge in [0.25, 0.3) is 0 Å². The lowest BCUT2D eigenvalue weighted by Gasteiger charge is -2.36. The van der Waals surface area contributed by atoms with Crippen LogP contribution in [0.4, 0.5) is 13.2 Å². The summed E-state index contributed by atoms with van der Waals surface area (Å²) in [4.78, 5) is 5.27. The summed E-state index contributed by atoms with van der Waals surface area (Å²) in [6, 6.07) is -0.0997. The minimum Gasteiger partial charge on any atom is -0.314 e. The molecule has 2 rings (SSSR count). The number of aromatic nitrogens is 1. The third-order valence-electron chi connectivity index (χ3n) is 2.87. The molecule has 1 aliphatic rings. The Labute approximate surface area is 136 Å². The maximum Gasteiger partial charge on any atom is 0.408 e. The Morgan fingerprint density at radius 3 is 2.30 bits per heavy atom. The zero-order valence-electron chi connectivity index (χ0n) is 10.4. The lowest BCUT2D eigenvalue weighted by Crippen LogP contribution is -2.49. The Bertz CT molecular complexity index is 414. The molecule has 2 heterocycles. The normalized spacial score (nSPS) is 17.8. The first-order valence-corrected chi connectivity index (χ1v) is 6.40. The third-order valence-corrected chi connectivity index (χ3v) is 3.30. The molecule has 1 saturated heterocycles. The zero-order chi connectivity index (χ0) is 13.2. The number of piperazine rings is 1. The van der Waals surface area contributed by atoms with Crippen molar-refractivity contribution in [3.8, 4) is 0 Å². The van der Waals surface area contributed by atoms with Gasteiger partial charge in [-0.3, -0.25) is 9.88 Å². The minimum absolute atomic E-state index is 0. The lowest BCUT2D eigenvalue weighted by atomic mass is 10.1. The number of nitrogens with one attached hydrogen (secondary N) is 1. The molecule has 0 radical (unpaired) electrons. The highest BCUT2D eigenvalue weighted by molar-refractivity contribution is 9.10. The van der Waals surface area contributed by atoms with Crippen molar-refractivity contribution in [1.29, 1.82) is 0 Å². The van der Waals surface area contributed by atoms with E-state index in [1.807, 2.05) is 0 Å². The van der Waals surface area contributed by atoms with Crippen LogP contribution in [0.15, 0.2) is 22.9 Å². The van der Waals surface area contributed by atoms with Crippen molar-refractivity contribution >= 4 is 40.7 Å². The van der Waals surface area contributed by atoms with E-state index in [9.17, 15) is 13.2 Å². The van der Waals surface area contributed by atoms with E-state index < -0.39 is 12.2 Å². The van der Waals surface area contributed by atoms with E-state index in [2.05, 4.69) is 26.2 Å². The number of halogens is 6. The predicted molar refractivity (Wildman–Crippen MR) is 79.7 cm³/mol. The fourth-order valence-corrected chi connectivity index (χ4v) is 2.51. The molecule has 1 atom stereocenters. The van der Waals surface area contributed by atoms with E-state index in [-0.39, 0.29) is 30.4 Å². The van der Waals surface area contributed by atoms with Gasteiger partial charge in [0, 0.05) is 43.0 Å². The molecule has 9 heteroatoms. The van der Waals surface area contributed by atoms with Gasteiger partial charge in [-0.1, -0.05) is 0 Å². The number of alkyl halides is 3. The average molecular weight is 397 g/mol. The Hall–Kier alpha value is -0.0800. The smallest absolute Gasteiger partial charge is 0.314 e. The molecule has 0 saturated carbocycles. The van der Waals surface area contributed by atoms with Gasteiger partial charge in [0.15, 0.2) is 0 Å². The molecule has 1 aromatic heterocycles. The Balaban J connectivity index is 0.00000180. The first-order chi connectivity index (χ1) is 8.48. The van der Waals surface area contributed by atoms with E-state index in [1.54, 1.807) is 0 Å². The van der Waals surface area contributed by atoms with Gasteiger partial charge in [-0.2, -0.15) is 13.2 Å². The molecule has 3 nitrogen and oxygen atoms in total. The Kier molecular flexibility index (Phi) is 8.35. The molecule has 0 aromatic carbocycles. The van der Waals surface area contributed by atoms with Crippen molar-refractivity contribution < 1.29 is 13.2 Å². The predicted octanol–water partition coefficient (Wildman–Crippen LogP) is 3.20. The number of nitrogens with zero attached hydrogens (tertiary/aromatic N) is 2. The second-order valence-electron chi connectivity index (χ2n) is 4.17. The molecule has 1 aliphatic heterocycles. The monoisotopic (exact) mass is 395 g/mol. The fourth-order valence-electron chi connectivity index (χ4n) is 2.12. The van der Waals surface area contributed by atoms with Gasteiger partial charge in [0.2, 0.25) is 0 Å². The van der Waals surface area contributed by atoms with Crippen molar-refractivity contribution in [3.63, 3.8) is 0 Å². The van der Waals surface area contributed by atoms with Crippen LogP contribution in [0.1, 0.15) is 11.6 Å². The molecule has 0 amide bonds. The van der Waals surface area contributed by atoms with Gasteiger partial charge in [-0.25, -0.2) is 0 Å². The van der Waals surface area contributed by atoms with Gasteiger partial charge in [-0.05, 0) is 27.6 Å². The van der Waals surface area contributed by atoms with Crippen LogP contribution in [0.5, 0.6) is 0 Å². The van der Waals surface area contributed by atoms with Crippen LogP contribution in [-0.4, -0.2) is 42.2 Å². The molecule has 1 aromatic rings. The van der Waals surface area contributed by atoms with Gasteiger partial charge in [-0.15, -0.1) is 24.8 Å². The maximum atomic E-state index is 13.2. The standard InChI is InChI=1S/C11H13BrF3N3.2ClH/c12-9-5-8(6-17-7-9)10(11(13,14)15)18-3-1-16-2-4-18;;/h5-7,10,16H,1-4H2;2*1H/t10-;;/m0../s1. The van der Waals surface area contributed by atoms with Crippen molar-refractivity contribution in [2.75, 3.05) is 26.2 Å². The summed E-state index contributed by atoms with van der Waals surface area (Å²) in [5.41, 5.74) is 0.179. The quantitative estimate of drug-likeness (QED) is 0.831. The lowest BCUT2D eigenvalue weighted by molar-refractivity contribution is -0.188. The molecule has 20 heavy (non-hydrogen) atoms. The Morgan fingerprint density at radius 2 is 1.80 bits per heavy atom. The van der Waals surface area contributed by atoms with Gasteiger partial charge < -0.3 is 5.32 Å². The second-order valence-corrected chi connectivity index (χ2v) is 5.08. The number of rotatable bonds is 2. The minimum atomic E-state index is -4.29. The number of hydrogen-bond acceptors (Lipinski definition) is 3. The molecule has 0 spiro atoms. The number of hydrogen-bond donors (Lipinski definition) is 1. The summed E-state index contributed by atoms with van der Waals surface area (Å²) in [6.07, 6.45) is -1.53. The van der Waals surface area contributed by atoms with E-state index >= 15 is 0 Å². The summed E-state index contributed by atoms with van der Waals surface area (Å²) >= 11 is 3.16. The van der Waals surface area contributed by atoms with Crippen LogP contribution in [0.2, 0.25) is 0 Å². The molecular weight excluding hydrogens is 382 g/mol. The maximum absolute atomic E-state index is 13.2. The van der Waals surface area contributed by atoms with E-state index in [0.29, 0.717) is 30.7 Å². The largest absolute Gasteiger partial charge is 0.408 e. The second kappa shape index (κ2) is 8.38. The van der Waals surface area contributed by atoms with E-state index in [1.165, 1.54) is 23.4 Å². The topological polar surface area (TPSA) is 28.2 Å². The molecule has 1 fully saturated rings. The molecule has 0 bridgehead atoms. The van der Waals surface area contributed by atoms with Crippen LogP contribution in [0.3, 0.4) is 0 Å². The van der Waals surface area contributed by atoms with Gasteiger partial charge in [0.1, 0.15) is 6.04 Å². The highest BCUT2D eigenvalue weighted by Gasteiger charge is 2.45. The summed E-state index contributed by atoms with van der Waals surface area (Å²) < 4.78 is 40.2. The van der Waals surface area contributed by atoms with Crippen LogP contribution in [-0.2, 0) is 0 Å². The molecule has 0 unspecified atom stereocenters. The molecule has 1 N–H and O–H groups in total. The van der Waals surface area contributed by atoms with Crippen molar-refractivity contribution in [3.05, 3.63) is 28.5 Å². The van der Waals surface area contributed by atoms with E-state index in [0.717, 1.165) is 0 Å². The molecule has 116 valence electrons. The van der Waals surface area contributed by atoms with Crippen LogP contribution >= 0.6 is 40.7 Å². The van der Waals surface area contributed by atoms with Gasteiger partial charge in [0.05, 0.1) is 0 Å². The molecule has 0 aliphatic carbocycles. The summed E-state index contributed by atoms with van der Waals surface area (Å²) in [6.45, 7) is 1.93. The molecular formula is C11H15BrCl2F3N3. The average Bonchev–Trinajstić information content (AvgIpc) is 2.28.